The van der Waals surface area contributed by atoms with Crippen LogP contribution in [0.15, 0.2) is 30.5 Å². The number of nitrogens with zero attached hydrogens (tertiary/aromatic N) is 1. The first-order chi connectivity index (χ1) is 8.47. The van der Waals surface area contributed by atoms with E-state index in [0.717, 1.165) is 17.7 Å². The summed E-state index contributed by atoms with van der Waals surface area (Å²) in [5.74, 6) is -0.160. The van der Waals surface area contributed by atoms with Crippen molar-refractivity contribution >= 4 is 70.7 Å². The SMILES string of the molecule is Cc1cc(NC(=O)c2cc(Br)sc2Br)cnc1Br. The third-order valence-electron chi connectivity index (χ3n) is 2.17. The van der Waals surface area contributed by atoms with E-state index in [9.17, 15) is 4.79 Å². The maximum Gasteiger partial charge on any atom is 0.257 e. The number of hydrogen-bond acceptors (Lipinski definition) is 3. The van der Waals surface area contributed by atoms with Crippen molar-refractivity contribution < 1.29 is 4.79 Å². The minimum absolute atomic E-state index is 0.160. The van der Waals surface area contributed by atoms with Crippen molar-refractivity contribution in [2.24, 2.45) is 0 Å². The van der Waals surface area contributed by atoms with Crippen molar-refractivity contribution in [3.63, 3.8) is 0 Å². The van der Waals surface area contributed by atoms with E-state index in [4.69, 9.17) is 0 Å². The molecule has 2 aromatic heterocycles. The van der Waals surface area contributed by atoms with Gasteiger partial charge in [0.1, 0.15) is 4.60 Å². The zero-order valence-corrected chi connectivity index (χ0v) is 14.7. The van der Waals surface area contributed by atoms with Gasteiger partial charge in [-0.2, -0.15) is 0 Å². The molecule has 0 saturated heterocycles. The van der Waals surface area contributed by atoms with Gasteiger partial charge < -0.3 is 5.32 Å². The summed E-state index contributed by atoms with van der Waals surface area (Å²) >= 11 is 11.5. The summed E-state index contributed by atoms with van der Waals surface area (Å²) in [6, 6.07) is 3.65. The second-order valence-electron chi connectivity index (χ2n) is 3.52. The Bertz CT molecular complexity index is 612. The fourth-order valence-electron chi connectivity index (χ4n) is 1.32. The molecule has 3 nitrogen and oxygen atoms in total. The lowest BCUT2D eigenvalue weighted by atomic mass is 10.2. The Balaban J connectivity index is 2.21. The molecule has 0 atom stereocenters. The highest BCUT2D eigenvalue weighted by Crippen LogP contribution is 2.32. The molecule has 0 aromatic carbocycles. The van der Waals surface area contributed by atoms with E-state index >= 15 is 0 Å². The molecular formula is C11H7Br3N2OS. The molecule has 18 heavy (non-hydrogen) atoms. The molecule has 0 aliphatic rings. The Morgan fingerprint density at radius 1 is 1.33 bits per heavy atom. The van der Waals surface area contributed by atoms with Crippen LogP contribution in [0.1, 0.15) is 15.9 Å². The molecule has 2 heterocycles. The topological polar surface area (TPSA) is 42.0 Å². The highest BCUT2D eigenvalue weighted by Gasteiger charge is 2.14. The molecule has 0 aliphatic carbocycles. The Morgan fingerprint density at radius 2 is 2.06 bits per heavy atom. The monoisotopic (exact) mass is 452 g/mol. The number of aromatic nitrogens is 1. The van der Waals surface area contributed by atoms with Crippen LogP contribution >= 0.6 is 59.1 Å². The summed E-state index contributed by atoms with van der Waals surface area (Å²) < 4.78 is 2.48. The zero-order valence-electron chi connectivity index (χ0n) is 9.13. The van der Waals surface area contributed by atoms with Crippen molar-refractivity contribution in [1.82, 2.24) is 4.98 Å². The number of thiophene rings is 1. The van der Waals surface area contributed by atoms with Crippen molar-refractivity contribution in [3.05, 3.63) is 41.6 Å². The Kier molecular flexibility index (Phi) is 4.58. The first-order valence-electron chi connectivity index (χ1n) is 4.85. The summed E-state index contributed by atoms with van der Waals surface area (Å²) in [5, 5.41) is 2.81. The zero-order chi connectivity index (χ0) is 13.3. The van der Waals surface area contributed by atoms with Crippen LogP contribution in [-0.4, -0.2) is 10.9 Å². The van der Waals surface area contributed by atoms with Gasteiger partial charge in [0, 0.05) is 0 Å². The van der Waals surface area contributed by atoms with E-state index in [1.165, 1.54) is 11.3 Å². The lowest BCUT2D eigenvalue weighted by Crippen LogP contribution is -2.11. The minimum Gasteiger partial charge on any atom is -0.321 e. The lowest BCUT2D eigenvalue weighted by molar-refractivity contribution is 0.102. The van der Waals surface area contributed by atoms with Crippen LogP contribution in [-0.2, 0) is 0 Å². The highest BCUT2D eigenvalue weighted by molar-refractivity contribution is 9.12. The number of nitrogens with one attached hydrogen (secondary N) is 1. The molecule has 0 spiro atoms. The highest BCUT2D eigenvalue weighted by atomic mass is 79.9. The second-order valence-corrected chi connectivity index (χ2v) is 8.02. The summed E-state index contributed by atoms with van der Waals surface area (Å²) in [6.07, 6.45) is 1.62. The molecule has 0 bridgehead atoms. The van der Waals surface area contributed by atoms with Gasteiger partial charge in [-0.3, -0.25) is 4.79 Å². The predicted molar refractivity (Wildman–Crippen MR) is 84.3 cm³/mol. The number of carbonyl (C=O) groups excluding carboxylic acids is 1. The van der Waals surface area contributed by atoms with Gasteiger partial charge in [0.05, 0.1) is 25.0 Å². The molecule has 2 aromatic rings. The number of anilines is 1. The fraction of sp³-hybridized carbons (Fsp3) is 0.0909. The van der Waals surface area contributed by atoms with E-state index in [1.54, 1.807) is 12.3 Å². The molecule has 2 rings (SSSR count). The maximum absolute atomic E-state index is 12.0. The van der Waals surface area contributed by atoms with E-state index < -0.39 is 0 Å². The molecule has 0 saturated carbocycles. The van der Waals surface area contributed by atoms with E-state index in [2.05, 4.69) is 58.1 Å². The van der Waals surface area contributed by atoms with Crippen molar-refractivity contribution in [3.8, 4) is 0 Å². The average Bonchev–Trinajstić information content (AvgIpc) is 2.63. The third-order valence-corrected chi connectivity index (χ3v) is 5.34. The first kappa shape index (κ1) is 14.2. The second kappa shape index (κ2) is 5.81. The quantitative estimate of drug-likeness (QED) is 0.649. The number of hydrogen-bond donors (Lipinski definition) is 1. The van der Waals surface area contributed by atoms with Crippen LogP contribution in [0.5, 0.6) is 0 Å². The van der Waals surface area contributed by atoms with Gasteiger partial charge in [0.15, 0.2) is 0 Å². The van der Waals surface area contributed by atoms with Gasteiger partial charge in [0.25, 0.3) is 5.91 Å². The molecule has 94 valence electrons. The predicted octanol–water partition coefficient (Wildman–Crippen LogP) is 4.99. The standard InChI is InChI=1S/C11H7Br3N2OS/c1-5-2-6(4-15-9(5)13)16-11(17)7-3-8(12)18-10(7)14/h2-4H,1H3,(H,16,17). The van der Waals surface area contributed by atoms with Gasteiger partial charge in [-0.05, 0) is 72.4 Å². The van der Waals surface area contributed by atoms with Crippen LogP contribution in [0.3, 0.4) is 0 Å². The lowest BCUT2D eigenvalue weighted by Gasteiger charge is -2.05. The molecule has 1 amide bonds. The van der Waals surface area contributed by atoms with Crippen LogP contribution < -0.4 is 5.32 Å². The van der Waals surface area contributed by atoms with Crippen LogP contribution in [0.2, 0.25) is 0 Å². The van der Waals surface area contributed by atoms with Gasteiger partial charge in [-0.1, -0.05) is 0 Å². The smallest absolute Gasteiger partial charge is 0.257 e. The molecule has 1 N–H and O–H groups in total. The number of aryl methyl sites for hydroxylation is 1. The number of amides is 1. The fourth-order valence-corrected chi connectivity index (χ4v) is 4.33. The summed E-state index contributed by atoms with van der Waals surface area (Å²) in [5.41, 5.74) is 2.25. The minimum atomic E-state index is -0.160. The summed E-state index contributed by atoms with van der Waals surface area (Å²) in [4.78, 5) is 16.2. The largest absolute Gasteiger partial charge is 0.321 e. The van der Waals surface area contributed by atoms with Gasteiger partial charge in [-0.15, -0.1) is 11.3 Å². The number of carbonyl (C=O) groups is 1. The number of rotatable bonds is 2. The van der Waals surface area contributed by atoms with Gasteiger partial charge >= 0.3 is 0 Å². The number of pyridine rings is 1. The molecular weight excluding hydrogens is 448 g/mol. The average molecular weight is 455 g/mol. The van der Waals surface area contributed by atoms with Crippen LogP contribution in [0.4, 0.5) is 5.69 Å². The molecule has 0 fully saturated rings. The Morgan fingerprint density at radius 3 is 2.61 bits per heavy atom. The molecule has 0 aliphatic heterocycles. The maximum atomic E-state index is 12.0. The van der Waals surface area contributed by atoms with Crippen molar-refractivity contribution in [2.45, 2.75) is 6.92 Å². The number of halogens is 3. The van der Waals surface area contributed by atoms with Crippen molar-refractivity contribution in [1.29, 1.82) is 0 Å². The van der Waals surface area contributed by atoms with E-state index in [-0.39, 0.29) is 5.91 Å². The summed E-state index contributed by atoms with van der Waals surface area (Å²) in [6.45, 7) is 1.92. The van der Waals surface area contributed by atoms with Crippen LogP contribution in [0, 0.1) is 6.92 Å². The summed E-state index contributed by atoms with van der Waals surface area (Å²) in [7, 11) is 0. The third kappa shape index (κ3) is 3.20. The van der Waals surface area contributed by atoms with Gasteiger partial charge in [0.2, 0.25) is 0 Å². The first-order valence-corrected chi connectivity index (χ1v) is 8.05. The van der Waals surface area contributed by atoms with Crippen LogP contribution in [0.25, 0.3) is 0 Å². The Hall–Kier alpha value is -0.240. The Labute approximate surface area is 133 Å². The molecule has 0 unspecified atom stereocenters. The van der Waals surface area contributed by atoms with E-state index in [0.29, 0.717) is 11.3 Å². The normalized spacial score (nSPS) is 10.4. The molecule has 0 radical (unpaired) electrons. The van der Waals surface area contributed by atoms with Gasteiger partial charge in [-0.25, -0.2) is 4.98 Å². The van der Waals surface area contributed by atoms with Crippen molar-refractivity contribution in [2.75, 3.05) is 5.32 Å². The molecule has 7 heteroatoms. The van der Waals surface area contributed by atoms with E-state index in [1.807, 2.05) is 13.0 Å².